The molecule has 0 spiro atoms. The summed E-state index contributed by atoms with van der Waals surface area (Å²) in [7, 11) is 1.94. The van der Waals surface area contributed by atoms with E-state index in [0.717, 1.165) is 23.3 Å². The van der Waals surface area contributed by atoms with Crippen LogP contribution in [0.1, 0.15) is 5.69 Å². The lowest BCUT2D eigenvalue weighted by Gasteiger charge is -2.06. The van der Waals surface area contributed by atoms with E-state index in [9.17, 15) is 0 Å². The molecule has 0 saturated heterocycles. The van der Waals surface area contributed by atoms with E-state index in [2.05, 4.69) is 36.3 Å². The molecule has 0 atom stereocenters. The number of halogens is 1. The third kappa shape index (κ3) is 2.57. The molecule has 0 fully saturated rings. The molecule has 2 heterocycles. The predicted octanol–water partition coefficient (Wildman–Crippen LogP) is 1.63. The van der Waals surface area contributed by atoms with Gasteiger partial charge in [0.2, 0.25) is 0 Å². The zero-order valence-electron chi connectivity index (χ0n) is 8.89. The van der Waals surface area contributed by atoms with Gasteiger partial charge in [0, 0.05) is 38.1 Å². The average molecular weight is 282 g/mol. The Morgan fingerprint density at radius 3 is 3.06 bits per heavy atom. The highest BCUT2D eigenvalue weighted by Gasteiger charge is 2.01. The molecule has 16 heavy (non-hydrogen) atoms. The summed E-state index contributed by atoms with van der Waals surface area (Å²) in [6.07, 6.45) is 5.96. The van der Waals surface area contributed by atoms with E-state index >= 15 is 0 Å². The number of nitrogens with one attached hydrogen (secondary N) is 1. The monoisotopic (exact) mass is 281 g/mol. The van der Waals surface area contributed by atoms with E-state index in [0.29, 0.717) is 0 Å². The molecule has 0 unspecified atom stereocenters. The van der Waals surface area contributed by atoms with Gasteiger partial charge in [-0.05, 0) is 22.0 Å². The van der Waals surface area contributed by atoms with Crippen LogP contribution in [0.4, 0.5) is 5.82 Å². The number of nitrogens with zero attached hydrogens (tertiary/aromatic N) is 4. The second-order valence-electron chi connectivity index (χ2n) is 3.34. The van der Waals surface area contributed by atoms with Crippen molar-refractivity contribution in [3.63, 3.8) is 0 Å². The summed E-state index contributed by atoms with van der Waals surface area (Å²) in [5, 5.41) is 7.35. The molecular weight excluding hydrogens is 270 g/mol. The van der Waals surface area contributed by atoms with Crippen molar-refractivity contribution in [1.82, 2.24) is 19.7 Å². The van der Waals surface area contributed by atoms with Crippen molar-refractivity contribution in [2.24, 2.45) is 7.05 Å². The van der Waals surface area contributed by atoms with E-state index in [-0.39, 0.29) is 0 Å². The van der Waals surface area contributed by atoms with Crippen LogP contribution in [0.15, 0.2) is 29.3 Å². The summed E-state index contributed by atoms with van der Waals surface area (Å²) in [6.45, 7) is 0.815. The molecule has 0 aliphatic rings. The SMILES string of the molecule is Cn1nccc1CCNc1ncncc1Br. The minimum atomic E-state index is 0.815. The van der Waals surface area contributed by atoms with Crippen molar-refractivity contribution in [3.8, 4) is 0 Å². The maximum atomic E-state index is 4.13. The molecule has 2 aromatic heterocycles. The lowest BCUT2D eigenvalue weighted by molar-refractivity contribution is 0.711. The second-order valence-corrected chi connectivity index (χ2v) is 4.20. The van der Waals surface area contributed by atoms with Crippen LogP contribution in [0.5, 0.6) is 0 Å². The first-order valence-corrected chi connectivity index (χ1v) is 5.73. The molecule has 0 amide bonds. The molecule has 2 aromatic rings. The quantitative estimate of drug-likeness (QED) is 0.926. The molecule has 2 rings (SSSR count). The Bertz CT molecular complexity index is 468. The van der Waals surface area contributed by atoms with Gasteiger partial charge in [-0.3, -0.25) is 4.68 Å². The van der Waals surface area contributed by atoms with Crippen molar-refractivity contribution in [2.45, 2.75) is 6.42 Å². The maximum absolute atomic E-state index is 4.13. The molecule has 5 nitrogen and oxygen atoms in total. The smallest absolute Gasteiger partial charge is 0.143 e. The van der Waals surface area contributed by atoms with Gasteiger partial charge < -0.3 is 5.32 Å². The van der Waals surface area contributed by atoms with Gasteiger partial charge in [0.1, 0.15) is 12.1 Å². The Morgan fingerprint density at radius 1 is 1.50 bits per heavy atom. The van der Waals surface area contributed by atoms with E-state index in [1.54, 1.807) is 12.4 Å². The summed E-state index contributed by atoms with van der Waals surface area (Å²) in [4.78, 5) is 8.03. The third-order valence-electron chi connectivity index (χ3n) is 2.26. The molecule has 6 heteroatoms. The minimum Gasteiger partial charge on any atom is -0.369 e. The number of anilines is 1. The summed E-state index contributed by atoms with van der Waals surface area (Å²) >= 11 is 3.38. The Labute approximate surface area is 102 Å². The van der Waals surface area contributed by atoms with Gasteiger partial charge in [0.15, 0.2) is 0 Å². The van der Waals surface area contributed by atoms with Crippen LogP contribution in [0.3, 0.4) is 0 Å². The van der Waals surface area contributed by atoms with Crippen molar-refractivity contribution < 1.29 is 0 Å². The number of hydrogen-bond acceptors (Lipinski definition) is 4. The standard InChI is InChI=1S/C10H12BrN5/c1-16-8(3-5-15-16)2-4-13-10-9(11)6-12-7-14-10/h3,5-7H,2,4H2,1H3,(H,12,13,14). The zero-order chi connectivity index (χ0) is 11.4. The fourth-order valence-electron chi connectivity index (χ4n) is 1.40. The lowest BCUT2D eigenvalue weighted by atomic mass is 10.3. The summed E-state index contributed by atoms with van der Waals surface area (Å²) in [6, 6.07) is 2.01. The van der Waals surface area contributed by atoms with Gasteiger partial charge in [0.05, 0.1) is 4.47 Å². The van der Waals surface area contributed by atoms with Gasteiger partial charge in [-0.2, -0.15) is 5.10 Å². The highest BCUT2D eigenvalue weighted by Crippen LogP contribution is 2.16. The Hall–Kier alpha value is -1.43. The zero-order valence-corrected chi connectivity index (χ0v) is 10.5. The molecular formula is C10H12BrN5. The summed E-state index contributed by atoms with van der Waals surface area (Å²) < 4.78 is 2.75. The topological polar surface area (TPSA) is 55.6 Å². The van der Waals surface area contributed by atoms with Gasteiger partial charge in [-0.1, -0.05) is 0 Å². The van der Waals surface area contributed by atoms with Crippen LogP contribution >= 0.6 is 15.9 Å². The number of aromatic nitrogens is 4. The third-order valence-corrected chi connectivity index (χ3v) is 2.84. The van der Waals surface area contributed by atoms with Crippen LogP contribution in [-0.4, -0.2) is 26.3 Å². The summed E-state index contributed by atoms with van der Waals surface area (Å²) in [5.41, 5.74) is 1.19. The summed E-state index contributed by atoms with van der Waals surface area (Å²) in [5.74, 6) is 0.817. The fraction of sp³-hybridized carbons (Fsp3) is 0.300. The van der Waals surface area contributed by atoms with Gasteiger partial charge in [-0.25, -0.2) is 9.97 Å². The van der Waals surface area contributed by atoms with Crippen molar-refractivity contribution >= 4 is 21.7 Å². The molecule has 0 saturated carbocycles. The molecule has 0 bridgehead atoms. The maximum Gasteiger partial charge on any atom is 0.143 e. The second kappa shape index (κ2) is 5.07. The van der Waals surface area contributed by atoms with Gasteiger partial charge >= 0.3 is 0 Å². The van der Waals surface area contributed by atoms with Crippen LogP contribution in [0.25, 0.3) is 0 Å². The normalized spacial score (nSPS) is 10.4. The Balaban J connectivity index is 1.89. The Morgan fingerprint density at radius 2 is 2.38 bits per heavy atom. The first-order chi connectivity index (χ1) is 7.77. The average Bonchev–Trinajstić information content (AvgIpc) is 2.67. The van der Waals surface area contributed by atoms with E-state index in [4.69, 9.17) is 0 Å². The van der Waals surface area contributed by atoms with Crippen LogP contribution in [-0.2, 0) is 13.5 Å². The largest absolute Gasteiger partial charge is 0.369 e. The fourth-order valence-corrected chi connectivity index (χ4v) is 1.76. The van der Waals surface area contributed by atoms with Gasteiger partial charge in [-0.15, -0.1) is 0 Å². The van der Waals surface area contributed by atoms with Crippen molar-refractivity contribution in [2.75, 3.05) is 11.9 Å². The highest BCUT2D eigenvalue weighted by atomic mass is 79.9. The van der Waals surface area contributed by atoms with E-state index < -0.39 is 0 Å². The van der Waals surface area contributed by atoms with Crippen LogP contribution in [0, 0.1) is 0 Å². The van der Waals surface area contributed by atoms with E-state index in [1.807, 2.05) is 17.8 Å². The van der Waals surface area contributed by atoms with Crippen LogP contribution in [0.2, 0.25) is 0 Å². The molecule has 1 N–H and O–H groups in total. The van der Waals surface area contributed by atoms with Gasteiger partial charge in [0.25, 0.3) is 0 Å². The highest BCUT2D eigenvalue weighted by molar-refractivity contribution is 9.10. The molecule has 0 aliphatic carbocycles. The molecule has 0 aliphatic heterocycles. The van der Waals surface area contributed by atoms with Crippen molar-refractivity contribution in [3.05, 3.63) is 35.0 Å². The van der Waals surface area contributed by atoms with Crippen LogP contribution < -0.4 is 5.32 Å². The number of hydrogen-bond donors (Lipinski definition) is 1. The van der Waals surface area contributed by atoms with Crippen molar-refractivity contribution in [1.29, 1.82) is 0 Å². The first kappa shape index (κ1) is 11.1. The minimum absolute atomic E-state index is 0.815. The predicted molar refractivity (Wildman–Crippen MR) is 65.1 cm³/mol. The lowest BCUT2D eigenvalue weighted by Crippen LogP contribution is -2.09. The molecule has 0 radical (unpaired) electrons. The Kier molecular flexibility index (Phi) is 3.51. The van der Waals surface area contributed by atoms with E-state index in [1.165, 1.54) is 12.0 Å². The molecule has 84 valence electrons. The molecule has 0 aromatic carbocycles. The first-order valence-electron chi connectivity index (χ1n) is 4.93. The number of rotatable bonds is 4. The number of aryl methyl sites for hydroxylation is 1.